The zero-order chi connectivity index (χ0) is 9.23. The number of amides is 1. The first-order valence-electron chi connectivity index (χ1n) is 3.90. The molecule has 0 atom stereocenters. The number of nitrogens with one attached hydrogen (secondary N) is 1. The van der Waals surface area contributed by atoms with Crippen LogP contribution in [0.25, 0.3) is 0 Å². The maximum Gasteiger partial charge on any atom is 0.242 e. The average Bonchev–Trinajstić information content (AvgIpc) is 2.02. The number of carbonyl (C=O) groups is 1. The van der Waals surface area contributed by atoms with E-state index in [9.17, 15) is 4.79 Å². The highest BCUT2D eigenvalue weighted by molar-refractivity contribution is 5.85. The lowest BCUT2D eigenvalue weighted by Gasteiger charge is -1.97. The summed E-state index contributed by atoms with van der Waals surface area (Å²) >= 11 is 0. The molecule has 12 heavy (non-hydrogen) atoms. The Hall–Kier alpha value is -1.43. The normalized spacial score (nSPS) is 9.58. The Kier molecular flexibility index (Phi) is 6.76. The first-order valence-corrected chi connectivity index (χ1v) is 3.90. The predicted octanol–water partition coefficient (Wildman–Crippen LogP) is 0.379. The summed E-state index contributed by atoms with van der Waals surface area (Å²) in [4.78, 5) is 10.2. The summed E-state index contributed by atoms with van der Waals surface area (Å²) in [5, 5.41) is 2.93. The van der Waals surface area contributed by atoms with Gasteiger partial charge in [0.1, 0.15) is 0 Å². The van der Waals surface area contributed by atoms with Gasteiger partial charge in [-0.1, -0.05) is 0 Å². The summed E-state index contributed by atoms with van der Waals surface area (Å²) in [6.45, 7) is 0.825. The second-order valence-electron chi connectivity index (χ2n) is 2.35. The number of terminal acetylenes is 1. The largest absolute Gasteiger partial charge is 0.391 e. The van der Waals surface area contributed by atoms with E-state index in [1.807, 2.05) is 0 Å². The Labute approximate surface area is 73.0 Å². The number of nitrogens with two attached hydrogens (primary N) is 1. The molecule has 66 valence electrons. The molecule has 0 aromatic carbocycles. The first kappa shape index (κ1) is 10.6. The van der Waals surface area contributed by atoms with Crippen LogP contribution in [-0.2, 0) is 4.79 Å². The van der Waals surface area contributed by atoms with Gasteiger partial charge < -0.3 is 11.1 Å². The van der Waals surface area contributed by atoms with Crippen molar-refractivity contribution in [2.45, 2.75) is 19.3 Å². The van der Waals surface area contributed by atoms with Crippen LogP contribution in [0.3, 0.4) is 0 Å². The Bertz CT molecular complexity index is 191. The van der Waals surface area contributed by atoms with Crippen LogP contribution in [0.5, 0.6) is 0 Å². The molecule has 0 spiro atoms. The highest BCUT2D eigenvalue weighted by Crippen LogP contribution is 1.90. The molecule has 0 aliphatic heterocycles. The molecule has 0 aromatic rings. The van der Waals surface area contributed by atoms with Crippen molar-refractivity contribution in [1.82, 2.24) is 5.32 Å². The molecule has 0 heterocycles. The Morgan fingerprint density at radius 3 is 2.92 bits per heavy atom. The van der Waals surface area contributed by atoms with Crippen LogP contribution < -0.4 is 11.1 Å². The molecule has 0 aliphatic carbocycles. The van der Waals surface area contributed by atoms with E-state index < -0.39 is 5.91 Å². The lowest BCUT2D eigenvalue weighted by Crippen LogP contribution is -2.11. The molecule has 0 radical (unpaired) electrons. The lowest BCUT2D eigenvalue weighted by atomic mass is 10.2. The minimum atomic E-state index is -0.439. The van der Waals surface area contributed by atoms with Crippen LogP contribution in [0.1, 0.15) is 19.3 Å². The number of rotatable bonds is 6. The van der Waals surface area contributed by atoms with E-state index >= 15 is 0 Å². The molecule has 1 amide bonds. The third-order valence-electron chi connectivity index (χ3n) is 1.26. The van der Waals surface area contributed by atoms with Crippen LogP contribution in [0.4, 0.5) is 0 Å². The van der Waals surface area contributed by atoms with Gasteiger partial charge in [0.05, 0.1) is 0 Å². The summed E-state index contributed by atoms with van der Waals surface area (Å²) in [6, 6.07) is 0. The van der Waals surface area contributed by atoms with Gasteiger partial charge >= 0.3 is 0 Å². The van der Waals surface area contributed by atoms with E-state index in [1.54, 1.807) is 6.20 Å². The standard InChI is InChI=1S/C9H14N2O/c1-2-3-4-5-7-11-8-6-9(10)12/h1,6,8,11H,3-5,7H2,(H2,10,12)/b8-6-. The van der Waals surface area contributed by atoms with E-state index in [2.05, 4.69) is 11.2 Å². The van der Waals surface area contributed by atoms with Crippen molar-refractivity contribution < 1.29 is 4.79 Å². The monoisotopic (exact) mass is 166 g/mol. The van der Waals surface area contributed by atoms with Crippen molar-refractivity contribution in [3.63, 3.8) is 0 Å². The molecular formula is C9H14N2O. The minimum Gasteiger partial charge on any atom is -0.391 e. The number of carbonyl (C=O) groups excluding carboxylic acids is 1. The predicted molar refractivity (Wildman–Crippen MR) is 49.0 cm³/mol. The summed E-state index contributed by atoms with van der Waals surface area (Å²) in [5.74, 6) is 2.12. The third kappa shape index (κ3) is 8.57. The maximum absolute atomic E-state index is 10.2. The summed E-state index contributed by atoms with van der Waals surface area (Å²) in [5.41, 5.74) is 4.86. The lowest BCUT2D eigenvalue weighted by molar-refractivity contribution is -0.113. The fourth-order valence-corrected chi connectivity index (χ4v) is 0.679. The van der Waals surface area contributed by atoms with Crippen molar-refractivity contribution in [3.8, 4) is 12.3 Å². The Morgan fingerprint density at radius 1 is 1.58 bits per heavy atom. The number of hydrogen-bond acceptors (Lipinski definition) is 2. The van der Waals surface area contributed by atoms with E-state index in [-0.39, 0.29) is 0 Å². The van der Waals surface area contributed by atoms with Crippen LogP contribution in [0.15, 0.2) is 12.3 Å². The number of hydrogen-bond donors (Lipinski definition) is 2. The molecule has 3 N–H and O–H groups in total. The quantitative estimate of drug-likeness (QED) is 0.340. The topological polar surface area (TPSA) is 55.1 Å². The van der Waals surface area contributed by atoms with Crippen LogP contribution in [0, 0.1) is 12.3 Å². The smallest absolute Gasteiger partial charge is 0.242 e. The second-order valence-corrected chi connectivity index (χ2v) is 2.35. The average molecular weight is 166 g/mol. The fraction of sp³-hybridized carbons (Fsp3) is 0.444. The fourth-order valence-electron chi connectivity index (χ4n) is 0.679. The van der Waals surface area contributed by atoms with Gasteiger partial charge in [0, 0.05) is 25.2 Å². The van der Waals surface area contributed by atoms with Crippen LogP contribution in [0.2, 0.25) is 0 Å². The van der Waals surface area contributed by atoms with E-state index in [4.69, 9.17) is 12.2 Å². The van der Waals surface area contributed by atoms with Crippen molar-refractivity contribution >= 4 is 5.91 Å². The van der Waals surface area contributed by atoms with Crippen LogP contribution >= 0.6 is 0 Å². The second kappa shape index (κ2) is 7.67. The molecule has 0 aliphatic rings. The zero-order valence-electron chi connectivity index (χ0n) is 7.05. The van der Waals surface area contributed by atoms with E-state index in [0.717, 1.165) is 25.8 Å². The van der Waals surface area contributed by atoms with Gasteiger partial charge in [0.15, 0.2) is 0 Å². The molecule has 0 saturated carbocycles. The number of primary amides is 1. The number of unbranched alkanes of at least 4 members (excludes halogenated alkanes) is 2. The Morgan fingerprint density at radius 2 is 2.33 bits per heavy atom. The maximum atomic E-state index is 10.2. The SMILES string of the molecule is C#CCCCCN/C=C\C(N)=O. The minimum absolute atomic E-state index is 0.439. The van der Waals surface area contributed by atoms with Gasteiger partial charge in [-0.05, 0) is 12.8 Å². The third-order valence-corrected chi connectivity index (χ3v) is 1.26. The molecule has 0 saturated heterocycles. The first-order chi connectivity index (χ1) is 5.77. The summed E-state index contributed by atoms with van der Waals surface area (Å²) in [7, 11) is 0. The summed E-state index contributed by atoms with van der Waals surface area (Å²) < 4.78 is 0. The highest BCUT2D eigenvalue weighted by atomic mass is 16.1. The van der Waals surface area contributed by atoms with Crippen molar-refractivity contribution in [3.05, 3.63) is 12.3 Å². The van der Waals surface area contributed by atoms with Gasteiger partial charge in [0.25, 0.3) is 0 Å². The van der Waals surface area contributed by atoms with Gasteiger partial charge in [-0.3, -0.25) is 4.79 Å². The molecule has 3 nitrogen and oxygen atoms in total. The van der Waals surface area contributed by atoms with Crippen LogP contribution in [-0.4, -0.2) is 12.5 Å². The summed E-state index contributed by atoms with van der Waals surface area (Å²) in [6.07, 6.45) is 10.7. The molecule has 0 rings (SSSR count). The van der Waals surface area contributed by atoms with Crippen molar-refractivity contribution in [1.29, 1.82) is 0 Å². The van der Waals surface area contributed by atoms with E-state index in [1.165, 1.54) is 6.08 Å². The van der Waals surface area contributed by atoms with Crippen molar-refractivity contribution in [2.24, 2.45) is 5.73 Å². The Balaban J connectivity index is 3.11. The molecule has 0 unspecified atom stereocenters. The molecule has 3 heteroatoms. The zero-order valence-corrected chi connectivity index (χ0v) is 7.05. The van der Waals surface area contributed by atoms with Gasteiger partial charge in [-0.2, -0.15) is 0 Å². The van der Waals surface area contributed by atoms with E-state index in [0.29, 0.717) is 0 Å². The van der Waals surface area contributed by atoms with Gasteiger partial charge in [-0.15, -0.1) is 12.3 Å². The molecular weight excluding hydrogens is 152 g/mol. The van der Waals surface area contributed by atoms with Crippen molar-refractivity contribution in [2.75, 3.05) is 6.54 Å². The van der Waals surface area contributed by atoms with Gasteiger partial charge in [-0.25, -0.2) is 0 Å². The van der Waals surface area contributed by atoms with Gasteiger partial charge in [0.2, 0.25) is 5.91 Å². The molecule has 0 bridgehead atoms. The highest BCUT2D eigenvalue weighted by Gasteiger charge is 1.84. The molecule has 0 fully saturated rings. The molecule has 0 aromatic heterocycles.